The Morgan fingerprint density at radius 1 is 1.09 bits per heavy atom. The van der Waals surface area contributed by atoms with E-state index < -0.39 is 53.3 Å². The standard InChI is InChI=1S/C27H28N2O8.C6H15NO3/c1-13(2)7-8-19(31)29-28-18(12-30)27(36)10-9-14-16(11-27)25(34)21-22(23(14)32)26(35)20-15(24(21)33)5-4-6-17(20)37-3;1-4(10-2)6(9)5(7)3-8/h4-6,30,32,34,36H,1,7-12H2,2-3H3,(H,29,31);4-6,8-9H,3,7H2,1-2H3/b28-18+;/t27-;/m1./s1. The molecule has 14 nitrogen and oxygen atoms in total. The van der Waals surface area contributed by atoms with Crippen molar-refractivity contribution in [2.24, 2.45) is 10.8 Å². The van der Waals surface area contributed by atoms with Crippen LogP contribution in [0.25, 0.3) is 0 Å². The molecule has 47 heavy (non-hydrogen) atoms. The second-order valence-corrected chi connectivity index (χ2v) is 11.6. The molecule has 0 spiro atoms. The van der Waals surface area contributed by atoms with Crippen molar-refractivity contribution in [2.45, 2.75) is 69.8 Å². The number of carbonyl (C=O) groups is 3. The molecule has 4 rings (SSSR count). The lowest BCUT2D eigenvalue weighted by atomic mass is 9.73. The van der Waals surface area contributed by atoms with E-state index in [1.807, 2.05) is 0 Å². The Balaban J connectivity index is 0.000000520. The number of ether oxygens (including phenoxy) is 2. The van der Waals surface area contributed by atoms with Crippen LogP contribution in [0.5, 0.6) is 17.2 Å². The lowest BCUT2D eigenvalue weighted by Gasteiger charge is -2.36. The summed E-state index contributed by atoms with van der Waals surface area (Å²) in [5.41, 5.74) is 6.13. The summed E-state index contributed by atoms with van der Waals surface area (Å²) in [6.45, 7) is 6.30. The molecule has 0 heterocycles. The van der Waals surface area contributed by atoms with Gasteiger partial charge in [0.1, 0.15) is 22.8 Å². The molecule has 9 N–H and O–H groups in total. The number of benzene rings is 2. The van der Waals surface area contributed by atoms with E-state index in [4.69, 9.17) is 20.3 Å². The molecule has 2 aliphatic carbocycles. The predicted octanol–water partition coefficient (Wildman–Crippen LogP) is 0.624. The Morgan fingerprint density at radius 3 is 2.30 bits per heavy atom. The van der Waals surface area contributed by atoms with Gasteiger partial charge in [0.2, 0.25) is 11.7 Å². The first kappa shape index (κ1) is 37.3. The summed E-state index contributed by atoms with van der Waals surface area (Å²) in [6, 6.07) is 3.88. The molecular weight excluding hydrogens is 614 g/mol. The minimum absolute atomic E-state index is 0.00137. The third-order valence-corrected chi connectivity index (χ3v) is 8.37. The van der Waals surface area contributed by atoms with E-state index in [9.17, 15) is 39.9 Å². The second kappa shape index (κ2) is 15.6. The van der Waals surface area contributed by atoms with Crippen LogP contribution in [0.15, 0.2) is 35.5 Å². The van der Waals surface area contributed by atoms with Crippen molar-refractivity contribution >= 4 is 23.2 Å². The number of aliphatic hydroxyl groups excluding tert-OH is 3. The number of rotatable bonds is 11. The quantitative estimate of drug-likeness (QED) is 0.0613. The molecule has 0 aliphatic heterocycles. The van der Waals surface area contributed by atoms with Gasteiger partial charge in [-0.2, -0.15) is 5.10 Å². The van der Waals surface area contributed by atoms with Crippen molar-refractivity contribution in [3.05, 3.63) is 63.7 Å². The van der Waals surface area contributed by atoms with Gasteiger partial charge in [0.15, 0.2) is 5.78 Å². The van der Waals surface area contributed by atoms with Gasteiger partial charge in [-0.3, -0.25) is 14.4 Å². The average Bonchev–Trinajstić information content (AvgIpc) is 3.06. The molecule has 0 radical (unpaired) electrons. The predicted molar refractivity (Wildman–Crippen MR) is 171 cm³/mol. The summed E-state index contributed by atoms with van der Waals surface area (Å²) in [4.78, 5) is 38.8. The van der Waals surface area contributed by atoms with Crippen molar-refractivity contribution < 1.29 is 54.5 Å². The van der Waals surface area contributed by atoms with Gasteiger partial charge in [0.25, 0.3) is 0 Å². The molecule has 0 saturated carbocycles. The molecule has 2 aromatic rings. The molecular formula is C33H43N3O11. The zero-order chi connectivity index (χ0) is 35.2. The Morgan fingerprint density at radius 2 is 1.72 bits per heavy atom. The monoisotopic (exact) mass is 657 g/mol. The number of nitrogens with two attached hydrogens (primary N) is 1. The molecule has 4 atom stereocenters. The maximum atomic E-state index is 13.4. The molecule has 0 saturated heterocycles. The molecule has 3 unspecified atom stereocenters. The Kier molecular flexibility index (Phi) is 12.4. The first-order valence-electron chi connectivity index (χ1n) is 14.9. The summed E-state index contributed by atoms with van der Waals surface area (Å²) >= 11 is 0. The van der Waals surface area contributed by atoms with E-state index in [-0.39, 0.29) is 83.2 Å². The summed E-state index contributed by atoms with van der Waals surface area (Å²) < 4.78 is 10.0. The van der Waals surface area contributed by atoms with Crippen molar-refractivity contribution in [1.29, 1.82) is 0 Å². The second-order valence-electron chi connectivity index (χ2n) is 11.6. The van der Waals surface area contributed by atoms with Crippen molar-refractivity contribution in [3.63, 3.8) is 0 Å². The number of aromatic hydroxyl groups is 2. The number of methoxy groups -OCH3 is 2. The van der Waals surface area contributed by atoms with E-state index in [2.05, 4.69) is 17.1 Å². The van der Waals surface area contributed by atoms with E-state index in [1.165, 1.54) is 32.4 Å². The number of allylic oxidation sites excluding steroid dienone is 1. The lowest BCUT2D eigenvalue weighted by Crippen LogP contribution is -2.47. The largest absolute Gasteiger partial charge is 0.507 e. The zero-order valence-electron chi connectivity index (χ0n) is 26.9. The highest BCUT2D eigenvalue weighted by molar-refractivity contribution is 6.31. The maximum absolute atomic E-state index is 13.4. The topological polar surface area (TPSA) is 241 Å². The van der Waals surface area contributed by atoms with Crippen LogP contribution in [0, 0.1) is 0 Å². The highest BCUT2D eigenvalue weighted by Gasteiger charge is 2.44. The van der Waals surface area contributed by atoms with Crippen LogP contribution >= 0.6 is 0 Å². The SMILES string of the molecule is C=C(C)CCC(=O)N/N=C(\CO)[C@@]1(O)CCc2c(O)c3c(c(O)c2C1)C(=O)c1cccc(OC)c1C3=O.COC(C)C(O)C(N)CO. The minimum Gasteiger partial charge on any atom is -0.507 e. The van der Waals surface area contributed by atoms with Crippen LogP contribution in [-0.2, 0) is 22.4 Å². The summed E-state index contributed by atoms with van der Waals surface area (Å²) in [6.07, 6.45) is -0.897. The number of hydrogen-bond acceptors (Lipinski definition) is 13. The number of hydrogen-bond donors (Lipinski definition) is 8. The van der Waals surface area contributed by atoms with Crippen molar-refractivity contribution in [3.8, 4) is 17.2 Å². The molecule has 1 amide bonds. The van der Waals surface area contributed by atoms with Gasteiger partial charge >= 0.3 is 0 Å². The van der Waals surface area contributed by atoms with Crippen molar-refractivity contribution in [1.82, 2.24) is 5.43 Å². The number of phenolic OH excluding ortho intramolecular Hbond substituents is 2. The molecule has 256 valence electrons. The third kappa shape index (κ3) is 7.70. The van der Waals surface area contributed by atoms with Gasteiger partial charge in [-0.05, 0) is 39.2 Å². The highest BCUT2D eigenvalue weighted by atomic mass is 16.5. The molecule has 0 fully saturated rings. The minimum atomic E-state index is -1.79. The van der Waals surface area contributed by atoms with Gasteiger partial charge in [0.05, 0.1) is 61.0 Å². The molecule has 0 bridgehead atoms. The number of nitrogens with one attached hydrogen (secondary N) is 1. The van der Waals surface area contributed by atoms with Crippen LogP contribution in [0.1, 0.15) is 76.1 Å². The number of carbonyl (C=O) groups excluding carboxylic acids is 3. The van der Waals surface area contributed by atoms with Crippen LogP contribution < -0.4 is 15.9 Å². The molecule has 14 heteroatoms. The summed E-state index contributed by atoms with van der Waals surface area (Å²) in [7, 11) is 2.84. The van der Waals surface area contributed by atoms with Gasteiger partial charge in [-0.1, -0.05) is 17.7 Å². The number of hydrazone groups is 1. The number of phenols is 2. The Hall–Kier alpha value is -4.18. The van der Waals surface area contributed by atoms with Gasteiger partial charge in [-0.25, -0.2) is 5.43 Å². The number of ketones is 2. The first-order chi connectivity index (χ1) is 22.2. The van der Waals surface area contributed by atoms with E-state index in [0.29, 0.717) is 6.42 Å². The van der Waals surface area contributed by atoms with Crippen LogP contribution in [0.2, 0.25) is 0 Å². The number of amides is 1. The zero-order valence-corrected chi connectivity index (χ0v) is 26.9. The van der Waals surface area contributed by atoms with Gasteiger partial charge < -0.3 is 45.8 Å². The number of nitrogens with zero attached hydrogens (tertiary/aromatic N) is 1. The Labute approximate surface area is 272 Å². The molecule has 0 aromatic heterocycles. The van der Waals surface area contributed by atoms with Crippen LogP contribution in [0.4, 0.5) is 0 Å². The van der Waals surface area contributed by atoms with Gasteiger partial charge in [0, 0.05) is 36.6 Å². The van der Waals surface area contributed by atoms with Gasteiger partial charge in [-0.15, -0.1) is 6.58 Å². The first-order valence-corrected chi connectivity index (χ1v) is 14.9. The number of aliphatic hydroxyl groups is 4. The molecule has 2 aliphatic rings. The fourth-order valence-corrected chi connectivity index (χ4v) is 5.46. The third-order valence-electron chi connectivity index (χ3n) is 8.37. The summed E-state index contributed by atoms with van der Waals surface area (Å²) in [5, 5.41) is 65.1. The van der Waals surface area contributed by atoms with Crippen molar-refractivity contribution in [2.75, 3.05) is 27.4 Å². The lowest BCUT2D eigenvalue weighted by molar-refractivity contribution is -0.121. The van der Waals surface area contributed by atoms with Crippen LogP contribution in [0.3, 0.4) is 0 Å². The number of fused-ring (bicyclic) bond motifs is 3. The normalized spacial score (nSPS) is 18.9. The highest BCUT2D eigenvalue weighted by Crippen LogP contribution is 2.48. The average molecular weight is 658 g/mol. The Bertz CT molecular complexity index is 1560. The smallest absolute Gasteiger partial charge is 0.240 e. The molecule has 2 aromatic carbocycles. The fourth-order valence-electron chi connectivity index (χ4n) is 5.46. The summed E-state index contributed by atoms with van der Waals surface area (Å²) in [5.74, 6) is -2.57. The fraction of sp³-hybridized carbons (Fsp3) is 0.455. The van der Waals surface area contributed by atoms with Crippen LogP contribution in [-0.4, -0.2) is 105 Å². The van der Waals surface area contributed by atoms with E-state index >= 15 is 0 Å². The van der Waals surface area contributed by atoms with E-state index in [1.54, 1.807) is 13.8 Å². The van der Waals surface area contributed by atoms with E-state index in [0.717, 1.165) is 5.57 Å². The maximum Gasteiger partial charge on any atom is 0.240 e.